The normalized spacial score (nSPS) is 17.2. The highest BCUT2D eigenvalue weighted by atomic mass is 16.5. The number of aromatic nitrogens is 2. The maximum Gasteiger partial charge on any atom is 0.319 e. The molecule has 0 saturated carbocycles. The molecule has 3 N–H and O–H groups in total. The SMILES string of the molecule is O=C(NCC1CCCOC1)Nc1ccc(-c2nc3ccccc3[nH]2)cc1. The first-order valence-corrected chi connectivity index (χ1v) is 8.96. The van der Waals surface area contributed by atoms with E-state index in [1.807, 2.05) is 48.5 Å². The van der Waals surface area contributed by atoms with Gasteiger partial charge in [-0.2, -0.15) is 0 Å². The van der Waals surface area contributed by atoms with E-state index in [4.69, 9.17) is 4.74 Å². The van der Waals surface area contributed by atoms with Crippen molar-refractivity contribution in [2.45, 2.75) is 12.8 Å². The van der Waals surface area contributed by atoms with Gasteiger partial charge in [0.25, 0.3) is 0 Å². The molecule has 1 saturated heterocycles. The van der Waals surface area contributed by atoms with E-state index in [0.29, 0.717) is 12.5 Å². The van der Waals surface area contributed by atoms with Crippen molar-refractivity contribution in [3.63, 3.8) is 0 Å². The highest BCUT2D eigenvalue weighted by Crippen LogP contribution is 2.22. The number of aromatic amines is 1. The summed E-state index contributed by atoms with van der Waals surface area (Å²) in [7, 11) is 0. The zero-order valence-corrected chi connectivity index (χ0v) is 14.5. The van der Waals surface area contributed by atoms with E-state index in [1.165, 1.54) is 0 Å². The standard InChI is InChI=1S/C20H22N4O2/c25-20(21-12-14-4-3-11-26-13-14)22-16-9-7-15(8-10-16)19-23-17-5-1-2-6-18(17)24-19/h1-2,5-10,14H,3-4,11-13H2,(H,23,24)(H2,21,22,25). The van der Waals surface area contributed by atoms with Crippen molar-refractivity contribution in [1.82, 2.24) is 15.3 Å². The molecule has 0 aliphatic carbocycles. The summed E-state index contributed by atoms with van der Waals surface area (Å²) >= 11 is 0. The van der Waals surface area contributed by atoms with Crippen LogP contribution in [0.15, 0.2) is 48.5 Å². The third-order valence-electron chi connectivity index (χ3n) is 4.61. The zero-order chi connectivity index (χ0) is 17.8. The van der Waals surface area contributed by atoms with E-state index >= 15 is 0 Å². The van der Waals surface area contributed by atoms with Crippen LogP contribution < -0.4 is 10.6 Å². The van der Waals surface area contributed by atoms with Crippen LogP contribution in [0.3, 0.4) is 0 Å². The highest BCUT2D eigenvalue weighted by molar-refractivity contribution is 5.89. The summed E-state index contributed by atoms with van der Waals surface area (Å²) in [5, 5.41) is 5.78. The molecule has 6 nitrogen and oxygen atoms in total. The van der Waals surface area contributed by atoms with Crippen LogP contribution in [0.4, 0.5) is 10.5 Å². The Kier molecular flexibility index (Phi) is 4.84. The van der Waals surface area contributed by atoms with Crippen LogP contribution in [-0.4, -0.2) is 35.8 Å². The molecule has 4 rings (SSSR count). The largest absolute Gasteiger partial charge is 0.381 e. The Hall–Kier alpha value is -2.86. The maximum atomic E-state index is 12.0. The Morgan fingerprint density at radius 1 is 1.19 bits per heavy atom. The maximum absolute atomic E-state index is 12.0. The van der Waals surface area contributed by atoms with Crippen LogP contribution in [0.25, 0.3) is 22.4 Å². The summed E-state index contributed by atoms with van der Waals surface area (Å²) in [4.78, 5) is 19.9. The smallest absolute Gasteiger partial charge is 0.319 e. The first kappa shape index (κ1) is 16.6. The topological polar surface area (TPSA) is 79.0 Å². The summed E-state index contributed by atoms with van der Waals surface area (Å²) in [5.41, 5.74) is 3.68. The first-order valence-electron chi connectivity index (χ1n) is 8.96. The van der Waals surface area contributed by atoms with Crippen LogP contribution in [0, 0.1) is 5.92 Å². The molecular formula is C20H22N4O2. The zero-order valence-electron chi connectivity index (χ0n) is 14.5. The molecule has 0 bridgehead atoms. The van der Waals surface area contributed by atoms with Crippen molar-refractivity contribution in [3.8, 4) is 11.4 Å². The molecule has 6 heteroatoms. The van der Waals surface area contributed by atoms with E-state index in [-0.39, 0.29) is 6.03 Å². The van der Waals surface area contributed by atoms with Gasteiger partial charge in [0, 0.05) is 24.4 Å². The number of carbonyl (C=O) groups excluding carboxylic acids is 1. The Balaban J connectivity index is 1.35. The monoisotopic (exact) mass is 350 g/mol. The van der Waals surface area contributed by atoms with Gasteiger partial charge in [-0.1, -0.05) is 12.1 Å². The van der Waals surface area contributed by atoms with Gasteiger partial charge in [0.05, 0.1) is 17.6 Å². The second kappa shape index (κ2) is 7.58. The average molecular weight is 350 g/mol. The lowest BCUT2D eigenvalue weighted by Gasteiger charge is -2.22. The molecule has 134 valence electrons. The molecule has 0 spiro atoms. The van der Waals surface area contributed by atoms with Gasteiger partial charge in [-0.15, -0.1) is 0 Å². The van der Waals surface area contributed by atoms with E-state index < -0.39 is 0 Å². The quantitative estimate of drug-likeness (QED) is 0.670. The van der Waals surface area contributed by atoms with Crippen molar-refractivity contribution in [2.75, 3.05) is 25.1 Å². The molecule has 2 amide bonds. The molecule has 2 heterocycles. The fourth-order valence-corrected chi connectivity index (χ4v) is 3.18. The van der Waals surface area contributed by atoms with Gasteiger partial charge in [0.1, 0.15) is 5.82 Å². The molecule has 1 atom stereocenters. The summed E-state index contributed by atoms with van der Waals surface area (Å²) < 4.78 is 5.43. The second-order valence-electron chi connectivity index (χ2n) is 6.60. The Labute approximate surface area is 152 Å². The fraction of sp³-hybridized carbons (Fsp3) is 0.300. The summed E-state index contributed by atoms with van der Waals surface area (Å²) in [6, 6.07) is 15.4. The summed E-state index contributed by atoms with van der Waals surface area (Å²) in [6.07, 6.45) is 2.17. The number of hydrogen-bond acceptors (Lipinski definition) is 3. The number of carbonyl (C=O) groups is 1. The van der Waals surface area contributed by atoms with Crippen LogP contribution in [0.1, 0.15) is 12.8 Å². The fourth-order valence-electron chi connectivity index (χ4n) is 3.18. The van der Waals surface area contributed by atoms with Crippen molar-refractivity contribution in [1.29, 1.82) is 0 Å². The molecule has 1 fully saturated rings. The Morgan fingerprint density at radius 3 is 2.81 bits per heavy atom. The van der Waals surface area contributed by atoms with E-state index in [2.05, 4.69) is 20.6 Å². The molecule has 1 aromatic heterocycles. The van der Waals surface area contributed by atoms with E-state index in [9.17, 15) is 4.79 Å². The first-order chi connectivity index (χ1) is 12.8. The Bertz CT molecular complexity index is 849. The van der Waals surface area contributed by atoms with Crippen LogP contribution >= 0.6 is 0 Å². The predicted molar refractivity (Wildman–Crippen MR) is 102 cm³/mol. The Morgan fingerprint density at radius 2 is 2.04 bits per heavy atom. The predicted octanol–water partition coefficient (Wildman–Crippen LogP) is 3.78. The van der Waals surface area contributed by atoms with E-state index in [1.54, 1.807) is 0 Å². The number of rotatable bonds is 4. The molecule has 1 aliphatic heterocycles. The third kappa shape index (κ3) is 3.86. The lowest BCUT2D eigenvalue weighted by atomic mass is 10.0. The van der Waals surface area contributed by atoms with Gasteiger partial charge in [-0.05, 0) is 55.2 Å². The van der Waals surface area contributed by atoms with Crippen molar-refractivity contribution in [3.05, 3.63) is 48.5 Å². The number of hydrogen-bond donors (Lipinski definition) is 3. The number of para-hydroxylation sites is 2. The number of benzene rings is 2. The second-order valence-corrected chi connectivity index (χ2v) is 6.60. The highest BCUT2D eigenvalue weighted by Gasteiger charge is 2.14. The lowest BCUT2D eigenvalue weighted by Crippen LogP contribution is -2.35. The third-order valence-corrected chi connectivity index (χ3v) is 4.61. The number of imidazole rings is 1. The number of fused-ring (bicyclic) bond motifs is 1. The van der Waals surface area contributed by atoms with Crippen molar-refractivity contribution < 1.29 is 9.53 Å². The van der Waals surface area contributed by atoms with Crippen molar-refractivity contribution in [2.24, 2.45) is 5.92 Å². The number of H-pyrrole nitrogens is 1. The minimum absolute atomic E-state index is 0.188. The number of ether oxygens (including phenoxy) is 1. The minimum atomic E-state index is -0.188. The van der Waals surface area contributed by atoms with Gasteiger partial charge in [0.2, 0.25) is 0 Å². The van der Waals surface area contributed by atoms with Gasteiger partial charge < -0.3 is 20.4 Å². The molecule has 3 aromatic rings. The number of amides is 2. The molecular weight excluding hydrogens is 328 g/mol. The minimum Gasteiger partial charge on any atom is -0.381 e. The summed E-state index contributed by atoms with van der Waals surface area (Å²) in [5.74, 6) is 1.23. The van der Waals surface area contributed by atoms with Crippen LogP contribution in [-0.2, 0) is 4.74 Å². The number of nitrogens with zero attached hydrogens (tertiary/aromatic N) is 1. The van der Waals surface area contributed by atoms with Gasteiger partial charge in [-0.3, -0.25) is 0 Å². The molecule has 1 aliphatic rings. The molecule has 2 aromatic carbocycles. The number of nitrogens with one attached hydrogen (secondary N) is 3. The van der Waals surface area contributed by atoms with Gasteiger partial charge >= 0.3 is 6.03 Å². The van der Waals surface area contributed by atoms with Crippen molar-refractivity contribution >= 4 is 22.8 Å². The number of anilines is 1. The lowest BCUT2D eigenvalue weighted by molar-refractivity contribution is 0.0559. The van der Waals surface area contributed by atoms with Crippen LogP contribution in [0.2, 0.25) is 0 Å². The molecule has 26 heavy (non-hydrogen) atoms. The van der Waals surface area contributed by atoms with Crippen LogP contribution in [0.5, 0.6) is 0 Å². The average Bonchev–Trinajstić information content (AvgIpc) is 3.12. The molecule has 1 unspecified atom stereocenters. The molecule has 0 radical (unpaired) electrons. The van der Waals surface area contributed by atoms with Gasteiger partial charge in [-0.25, -0.2) is 9.78 Å². The van der Waals surface area contributed by atoms with E-state index in [0.717, 1.165) is 54.2 Å². The van der Waals surface area contributed by atoms with Gasteiger partial charge in [0.15, 0.2) is 0 Å². The summed E-state index contributed by atoms with van der Waals surface area (Å²) in [6.45, 7) is 2.20. The number of urea groups is 1.